The number of hydrogen-bond acceptors (Lipinski definition) is 4. The number of hydrogen-bond donors (Lipinski definition) is 1. The van der Waals surface area contributed by atoms with E-state index in [-0.39, 0.29) is 17.8 Å². The summed E-state index contributed by atoms with van der Waals surface area (Å²) in [5.74, 6) is 1.93. The lowest BCUT2D eigenvalue weighted by atomic mass is 9.92. The van der Waals surface area contributed by atoms with Gasteiger partial charge in [-0.2, -0.15) is 0 Å². The first kappa shape index (κ1) is 14.4. The van der Waals surface area contributed by atoms with Gasteiger partial charge in [-0.25, -0.2) is 4.98 Å². The van der Waals surface area contributed by atoms with Crippen molar-refractivity contribution in [3.05, 3.63) is 37.8 Å². The first-order chi connectivity index (χ1) is 9.86. The van der Waals surface area contributed by atoms with Crippen LogP contribution in [0, 0.1) is 3.57 Å². The number of halogens is 1. The van der Waals surface area contributed by atoms with Crippen LogP contribution in [0.2, 0.25) is 0 Å². The second-order valence-electron chi connectivity index (χ2n) is 5.90. The molecule has 1 aromatic carbocycles. The van der Waals surface area contributed by atoms with Crippen molar-refractivity contribution in [1.82, 2.24) is 9.97 Å². The van der Waals surface area contributed by atoms with Crippen LogP contribution in [-0.4, -0.2) is 16.8 Å². The summed E-state index contributed by atoms with van der Waals surface area (Å²) in [5.41, 5.74) is 1.27. The van der Waals surface area contributed by atoms with Gasteiger partial charge in [0.2, 0.25) is 6.79 Å². The Morgan fingerprint density at radius 3 is 2.67 bits per heavy atom. The van der Waals surface area contributed by atoms with Crippen LogP contribution in [-0.2, 0) is 5.41 Å². The molecule has 0 radical (unpaired) electrons. The Morgan fingerprint density at radius 2 is 1.95 bits per heavy atom. The van der Waals surface area contributed by atoms with Gasteiger partial charge in [0.05, 0.1) is 5.69 Å². The summed E-state index contributed by atoms with van der Waals surface area (Å²) in [5, 5.41) is 0. The molecule has 0 atom stereocenters. The van der Waals surface area contributed by atoms with Crippen molar-refractivity contribution in [2.75, 3.05) is 6.79 Å². The molecule has 0 bridgehead atoms. The van der Waals surface area contributed by atoms with E-state index in [2.05, 4.69) is 9.97 Å². The summed E-state index contributed by atoms with van der Waals surface area (Å²) in [4.78, 5) is 19.6. The van der Waals surface area contributed by atoms with E-state index in [4.69, 9.17) is 9.47 Å². The number of nitrogens with zero attached hydrogens (tertiary/aromatic N) is 1. The van der Waals surface area contributed by atoms with E-state index in [1.54, 1.807) is 0 Å². The minimum atomic E-state index is -0.199. The van der Waals surface area contributed by atoms with E-state index in [1.807, 2.05) is 61.6 Å². The largest absolute Gasteiger partial charge is 0.454 e. The molecule has 2 heterocycles. The summed E-state index contributed by atoms with van der Waals surface area (Å²) >= 11 is 2.04. The fourth-order valence-electron chi connectivity index (χ4n) is 2.14. The van der Waals surface area contributed by atoms with E-state index in [1.165, 1.54) is 0 Å². The van der Waals surface area contributed by atoms with Crippen LogP contribution in [0.5, 0.6) is 11.5 Å². The number of ether oxygens (including phenoxy) is 2. The molecule has 0 unspecified atom stereocenters. The second kappa shape index (κ2) is 5.01. The number of aromatic amines is 1. The number of fused-ring (bicyclic) bond motifs is 1. The summed E-state index contributed by atoms with van der Waals surface area (Å²) in [6.07, 6.45) is 0. The fraction of sp³-hybridized carbons (Fsp3) is 0.333. The molecule has 5 nitrogen and oxygen atoms in total. The first-order valence-electron chi connectivity index (χ1n) is 6.56. The third-order valence-electron chi connectivity index (χ3n) is 3.22. The lowest BCUT2D eigenvalue weighted by Gasteiger charge is -2.19. The molecule has 1 aliphatic heterocycles. The van der Waals surface area contributed by atoms with Crippen LogP contribution in [0.4, 0.5) is 0 Å². The summed E-state index contributed by atoms with van der Waals surface area (Å²) in [7, 11) is 0. The average Bonchev–Trinajstić information content (AvgIpc) is 2.87. The topological polar surface area (TPSA) is 64.2 Å². The Balaban J connectivity index is 2.15. The SMILES string of the molecule is CC(C)(C)c1nc(-c2ccc3c(c2)OCO3)[nH]c(=O)c1I. The van der Waals surface area contributed by atoms with Gasteiger partial charge >= 0.3 is 0 Å². The lowest BCUT2D eigenvalue weighted by molar-refractivity contribution is 0.174. The third kappa shape index (κ3) is 2.64. The van der Waals surface area contributed by atoms with Crippen LogP contribution in [0.1, 0.15) is 26.5 Å². The van der Waals surface area contributed by atoms with Crippen molar-refractivity contribution >= 4 is 22.6 Å². The van der Waals surface area contributed by atoms with Crippen LogP contribution in [0.25, 0.3) is 11.4 Å². The molecular formula is C15H15IN2O3. The predicted octanol–water partition coefficient (Wildman–Crippen LogP) is 3.07. The number of rotatable bonds is 1. The smallest absolute Gasteiger partial charge is 0.264 e. The second-order valence-corrected chi connectivity index (χ2v) is 6.97. The standard InChI is InChI=1S/C15H15IN2O3/c1-15(2,3)12-11(16)14(19)18-13(17-12)8-4-5-9-10(6-8)21-7-20-9/h4-6H,7H2,1-3H3,(H,17,18,19). The number of nitrogens with one attached hydrogen (secondary N) is 1. The number of H-pyrrole nitrogens is 1. The van der Waals surface area contributed by atoms with Gasteiger partial charge in [0.25, 0.3) is 5.56 Å². The van der Waals surface area contributed by atoms with Crippen molar-refractivity contribution in [2.24, 2.45) is 0 Å². The van der Waals surface area contributed by atoms with E-state index < -0.39 is 0 Å². The molecule has 1 aromatic heterocycles. The quantitative estimate of drug-likeness (QED) is 0.751. The molecular weight excluding hydrogens is 383 g/mol. The van der Waals surface area contributed by atoms with E-state index in [9.17, 15) is 4.79 Å². The third-order valence-corrected chi connectivity index (χ3v) is 4.22. The molecule has 2 aromatic rings. The highest BCUT2D eigenvalue weighted by Crippen LogP contribution is 2.35. The molecule has 0 spiro atoms. The Bertz CT molecular complexity index is 762. The molecule has 1 N–H and O–H groups in total. The Morgan fingerprint density at radius 1 is 1.24 bits per heavy atom. The molecule has 0 saturated heterocycles. The normalized spacial score (nSPS) is 13.5. The molecule has 0 fully saturated rings. The molecule has 110 valence electrons. The van der Waals surface area contributed by atoms with Gasteiger partial charge in [-0.1, -0.05) is 20.8 Å². The zero-order chi connectivity index (χ0) is 15.2. The fourth-order valence-corrected chi connectivity index (χ4v) is 3.20. The van der Waals surface area contributed by atoms with Crippen LogP contribution < -0.4 is 15.0 Å². The van der Waals surface area contributed by atoms with Gasteiger partial charge in [0.15, 0.2) is 11.5 Å². The Hall–Kier alpha value is -1.57. The van der Waals surface area contributed by atoms with Crippen molar-refractivity contribution in [3.63, 3.8) is 0 Å². The van der Waals surface area contributed by atoms with E-state index in [0.717, 1.165) is 11.3 Å². The van der Waals surface area contributed by atoms with E-state index in [0.29, 0.717) is 20.9 Å². The van der Waals surface area contributed by atoms with Gasteiger partial charge in [-0.3, -0.25) is 4.79 Å². The molecule has 0 saturated carbocycles. The zero-order valence-electron chi connectivity index (χ0n) is 12.0. The molecule has 0 aliphatic carbocycles. The minimum absolute atomic E-state index is 0.122. The highest BCUT2D eigenvalue weighted by atomic mass is 127. The summed E-state index contributed by atoms with van der Waals surface area (Å²) in [6.45, 7) is 6.35. The molecule has 3 rings (SSSR count). The van der Waals surface area contributed by atoms with Crippen LogP contribution >= 0.6 is 22.6 Å². The predicted molar refractivity (Wildman–Crippen MR) is 87.8 cm³/mol. The molecule has 1 aliphatic rings. The Labute approximate surface area is 135 Å². The Kier molecular flexibility index (Phi) is 3.43. The number of aromatic nitrogens is 2. The maximum atomic E-state index is 12.2. The maximum absolute atomic E-state index is 12.2. The number of benzene rings is 1. The monoisotopic (exact) mass is 398 g/mol. The summed E-state index contributed by atoms with van der Waals surface area (Å²) < 4.78 is 11.3. The minimum Gasteiger partial charge on any atom is -0.454 e. The van der Waals surface area contributed by atoms with Gasteiger partial charge < -0.3 is 14.5 Å². The van der Waals surface area contributed by atoms with Crippen molar-refractivity contribution < 1.29 is 9.47 Å². The highest BCUT2D eigenvalue weighted by Gasteiger charge is 2.23. The van der Waals surface area contributed by atoms with Gasteiger partial charge in [-0.15, -0.1) is 0 Å². The molecule has 21 heavy (non-hydrogen) atoms. The van der Waals surface area contributed by atoms with Gasteiger partial charge in [0, 0.05) is 11.0 Å². The van der Waals surface area contributed by atoms with Crippen molar-refractivity contribution in [2.45, 2.75) is 26.2 Å². The average molecular weight is 398 g/mol. The maximum Gasteiger partial charge on any atom is 0.264 e. The van der Waals surface area contributed by atoms with Crippen LogP contribution in [0.15, 0.2) is 23.0 Å². The van der Waals surface area contributed by atoms with Crippen LogP contribution in [0.3, 0.4) is 0 Å². The molecule has 0 amide bonds. The van der Waals surface area contributed by atoms with E-state index >= 15 is 0 Å². The van der Waals surface area contributed by atoms with Crippen molar-refractivity contribution in [3.8, 4) is 22.9 Å². The molecule has 6 heteroatoms. The first-order valence-corrected chi connectivity index (χ1v) is 7.64. The zero-order valence-corrected chi connectivity index (χ0v) is 14.1. The van der Waals surface area contributed by atoms with Gasteiger partial charge in [0.1, 0.15) is 9.39 Å². The van der Waals surface area contributed by atoms with Gasteiger partial charge in [-0.05, 0) is 40.8 Å². The lowest BCUT2D eigenvalue weighted by Crippen LogP contribution is -2.24. The highest BCUT2D eigenvalue weighted by molar-refractivity contribution is 14.1. The van der Waals surface area contributed by atoms with Crippen molar-refractivity contribution in [1.29, 1.82) is 0 Å². The summed E-state index contributed by atoms with van der Waals surface area (Å²) in [6, 6.07) is 5.53.